The Hall–Kier alpha value is -3.29. The molecule has 168 valence electrons. The third-order valence-corrected chi connectivity index (χ3v) is 4.90. The van der Waals surface area contributed by atoms with Crippen molar-refractivity contribution in [1.29, 1.82) is 0 Å². The third-order valence-electron chi connectivity index (χ3n) is 4.90. The molecule has 6 nitrogen and oxygen atoms in total. The molecule has 0 aliphatic carbocycles. The van der Waals surface area contributed by atoms with Crippen molar-refractivity contribution < 1.29 is 19.0 Å². The first-order valence-corrected chi connectivity index (χ1v) is 10.6. The van der Waals surface area contributed by atoms with Gasteiger partial charge in [-0.05, 0) is 43.2 Å². The number of carbonyl (C=O) groups excluding carboxylic acids is 1. The summed E-state index contributed by atoms with van der Waals surface area (Å²) in [5.41, 5.74) is 4.23. The van der Waals surface area contributed by atoms with Gasteiger partial charge in [-0.2, -0.15) is 0 Å². The lowest BCUT2D eigenvalue weighted by Crippen LogP contribution is -2.28. The van der Waals surface area contributed by atoms with Crippen LogP contribution in [0.15, 0.2) is 66.9 Å². The normalized spacial score (nSPS) is 11.7. The minimum absolute atomic E-state index is 0.0467. The zero-order chi connectivity index (χ0) is 22.8. The monoisotopic (exact) mass is 437 g/mol. The van der Waals surface area contributed by atoms with Crippen molar-refractivity contribution in [1.82, 2.24) is 10.3 Å². The van der Waals surface area contributed by atoms with E-state index in [-0.39, 0.29) is 24.9 Å². The zero-order valence-electron chi connectivity index (χ0n) is 18.1. The van der Waals surface area contributed by atoms with Gasteiger partial charge in [0.15, 0.2) is 0 Å². The standard InChI is InChI=1S/C25H28FN3O3/c1-2-32-25(31)17-27-16-24(30)19-10-11-23(29-15-19)21-8-3-4-9-22(21)28-13-12-18-6-5-7-20(26)14-18/h3-11,14-15,24,27-28,30H,2,12-13,16-17H2,1H3. The van der Waals surface area contributed by atoms with E-state index in [2.05, 4.69) is 15.6 Å². The van der Waals surface area contributed by atoms with Crippen molar-refractivity contribution in [3.05, 3.63) is 83.8 Å². The predicted octanol–water partition coefficient (Wildman–Crippen LogP) is 3.73. The van der Waals surface area contributed by atoms with Gasteiger partial charge < -0.3 is 20.5 Å². The summed E-state index contributed by atoms with van der Waals surface area (Å²) in [6, 6.07) is 18.1. The summed E-state index contributed by atoms with van der Waals surface area (Å²) in [5.74, 6) is -0.583. The van der Waals surface area contributed by atoms with Crippen LogP contribution in [0.5, 0.6) is 0 Å². The van der Waals surface area contributed by atoms with Crippen LogP contribution in [0.4, 0.5) is 10.1 Å². The summed E-state index contributed by atoms with van der Waals surface area (Å²) in [5, 5.41) is 16.6. The highest BCUT2D eigenvalue weighted by molar-refractivity contribution is 5.75. The fraction of sp³-hybridized carbons (Fsp3) is 0.280. The highest BCUT2D eigenvalue weighted by Crippen LogP contribution is 2.27. The van der Waals surface area contributed by atoms with E-state index in [9.17, 15) is 14.3 Å². The van der Waals surface area contributed by atoms with Gasteiger partial charge in [-0.25, -0.2) is 4.39 Å². The number of hydrogen-bond acceptors (Lipinski definition) is 6. The van der Waals surface area contributed by atoms with Crippen molar-refractivity contribution in [2.24, 2.45) is 0 Å². The van der Waals surface area contributed by atoms with Crippen LogP contribution in [-0.2, 0) is 16.0 Å². The number of ether oxygens (including phenoxy) is 1. The molecule has 0 bridgehead atoms. The first kappa shape index (κ1) is 23.4. The molecule has 0 radical (unpaired) electrons. The first-order chi connectivity index (χ1) is 15.6. The largest absolute Gasteiger partial charge is 0.465 e. The molecule has 3 rings (SSSR count). The second-order valence-corrected chi connectivity index (χ2v) is 7.28. The lowest BCUT2D eigenvalue weighted by molar-refractivity contribution is -0.142. The minimum atomic E-state index is -0.786. The quantitative estimate of drug-likeness (QED) is 0.397. The number of halogens is 1. The highest BCUT2D eigenvalue weighted by Gasteiger charge is 2.11. The number of aliphatic hydroxyl groups excluding tert-OH is 1. The van der Waals surface area contributed by atoms with Crippen molar-refractivity contribution in [3.8, 4) is 11.3 Å². The lowest BCUT2D eigenvalue weighted by Gasteiger charge is -2.14. The summed E-state index contributed by atoms with van der Waals surface area (Å²) in [7, 11) is 0. The number of esters is 1. The molecule has 1 aromatic heterocycles. The van der Waals surface area contributed by atoms with Crippen LogP contribution in [-0.4, -0.2) is 42.3 Å². The molecule has 0 spiro atoms. The van der Waals surface area contributed by atoms with E-state index >= 15 is 0 Å². The molecule has 0 amide bonds. The molecule has 0 aliphatic heterocycles. The van der Waals surface area contributed by atoms with Crippen molar-refractivity contribution >= 4 is 11.7 Å². The van der Waals surface area contributed by atoms with Crippen molar-refractivity contribution in [2.45, 2.75) is 19.4 Å². The van der Waals surface area contributed by atoms with Gasteiger partial charge in [0.25, 0.3) is 0 Å². The van der Waals surface area contributed by atoms with Gasteiger partial charge in [0.2, 0.25) is 0 Å². The molecule has 0 saturated heterocycles. The van der Waals surface area contributed by atoms with Crippen LogP contribution < -0.4 is 10.6 Å². The Bertz CT molecular complexity index is 1010. The second-order valence-electron chi connectivity index (χ2n) is 7.28. The summed E-state index contributed by atoms with van der Waals surface area (Å²) in [6.07, 6.45) is 1.55. The number of hydrogen-bond donors (Lipinski definition) is 3. The van der Waals surface area contributed by atoms with Gasteiger partial charge in [-0.1, -0.05) is 36.4 Å². The van der Waals surface area contributed by atoms with Crippen LogP contribution in [0.3, 0.4) is 0 Å². The summed E-state index contributed by atoms with van der Waals surface area (Å²) in [6.45, 7) is 3.00. The van der Waals surface area contributed by atoms with E-state index in [1.807, 2.05) is 42.5 Å². The summed E-state index contributed by atoms with van der Waals surface area (Å²) < 4.78 is 18.2. The number of carbonyl (C=O) groups is 1. The number of aliphatic hydroxyl groups is 1. The predicted molar refractivity (Wildman–Crippen MR) is 123 cm³/mol. The Balaban J connectivity index is 1.59. The zero-order valence-corrected chi connectivity index (χ0v) is 18.1. The van der Waals surface area contributed by atoms with E-state index in [4.69, 9.17) is 4.74 Å². The van der Waals surface area contributed by atoms with Crippen LogP contribution in [0.2, 0.25) is 0 Å². The summed E-state index contributed by atoms with van der Waals surface area (Å²) in [4.78, 5) is 15.9. The van der Waals surface area contributed by atoms with E-state index in [0.717, 1.165) is 22.5 Å². The molecule has 0 aliphatic rings. The molecule has 1 unspecified atom stereocenters. The van der Waals surface area contributed by atoms with Crippen LogP contribution in [0, 0.1) is 5.82 Å². The number of anilines is 1. The second kappa shape index (κ2) is 11.9. The third kappa shape index (κ3) is 6.87. The Morgan fingerprint density at radius 2 is 2.00 bits per heavy atom. The van der Waals surface area contributed by atoms with Crippen LogP contribution >= 0.6 is 0 Å². The van der Waals surface area contributed by atoms with E-state index < -0.39 is 6.10 Å². The van der Waals surface area contributed by atoms with Gasteiger partial charge in [0, 0.05) is 36.1 Å². The van der Waals surface area contributed by atoms with Gasteiger partial charge in [-0.3, -0.25) is 9.78 Å². The smallest absolute Gasteiger partial charge is 0.319 e. The average Bonchev–Trinajstić information content (AvgIpc) is 2.80. The van der Waals surface area contributed by atoms with E-state index in [1.165, 1.54) is 6.07 Å². The number of rotatable bonds is 11. The molecule has 7 heteroatoms. The Kier molecular flexibility index (Phi) is 8.71. The summed E-state index contributed by atoms with van der Waals surface area (Å²) >= 11 is 0. The average molecular weight is 438 g/mol. The molecular formula is C25H28FN3O3. The number of nitrogens with zero attached hydrogens (tertiary/aromatic N) is 1. The molecule has 1 heterocycles. The first-order valence-electron chi connectivity index (χ1n) is 10.6. The fourth-order valence-corrected chi connectivity index (χ4v) is 3.30. The molecule has 1 atom stereocenters. The van der Waals surface area contributed by atoms with Crippen molar-refractivity contribution in [3.63, 3.8) is 0 Å². The van der Waals surface area contributed by atoms with Gasteiger partial charge in [0.05, 0.1) is 24.9 Å². The van der Waals surface area contributed by atoms with Crippen molar-refractivity contribution in [2.75, 3.05) is 31.6 Å². The number of nitrogens with one attached hydrogen (secondary N) is 2. The molecule has 0 saturated carbocycles. The number of aromatic nitrogens is 1. The fourth-order valence-electron chi connectivity index (χ4n) is 3.30. The molecule has 0 fully saturated rings. The van der Waals surface area contributed by atoms with Crippen LogP contribution in [0.1, 0.15) is 24.2 Å². The Morgan fingerprint density at radius 1 is 1.16 bits per heavy atom. The molecule has 3 aromatic rings. The SMILES string of the molecule is CCOC(=O)CNCC(O)c1ccc(-c2ccccc2NCCc2cccc(F)c2)nc1. The maximum absolute atomic E-state index is 13.4. The Morgan fingerprint density at radius 3 is 2.75 bits per heavy atom. The lowest BCUT2D eigenvalue weighted by atomic mass is 10.1. The molecule has 32 heavy (non-hydrogen) atoms. The van der Waals surface area contributed by atoms with E-state index in [1.54, 1.807) is 25.3 Å². The van der Waals surface area contributed by atoms with Crippen LogP contribution in [0.25, 0.3) is 11.3 Å². The number of pyridine rings is 1. The molecule has 2 aromatic carbocycles. The molecular weight excluding hydrogens is 409 g/mol. The highest BCUT2D eigenvalue weighted by atomic mass is 19.1. The molecule has 3 N–H and O–H groups in total. The topological polar surface area (TPSA) is 83.5 Å². The van der Waals surface area contributed by atoms with Gasteiger partial charge in [0.1, 0.15) is 5.82 Å². The number of benzene rings is 2. The maximum atomic E-state index is 13.4. The Labute approximate surface area is 187 Å². The minimum Gasteiger partial charge on any atom is -0.465 e. The maximum Gasteiger partial charge on any atom is 0.319 e. The van der Waals surface area contributed by atoms with E-state index in [0.29, 0.717) is 25.1 Å². The number of para-hydroxylation sites is 1. The van der Waals surface area contributed by atoms with Gasteiger partial charge in [-0.15, -0.1) is 0 Å². The van der Waals surface area contributed by atoms with Gasteiger partial charge >= 0.3 is 5.97 Å².